The SMILES string of the molecule is CCNC(c1ccc2c(c1)CCCO2)c1scc(C)c1Cl. The largest absolute Gasteiger partial charge is 0.493 e. The molecule has 1 N–H and O–H groups in total. The molecule has 21 heavy (non-hydrogen) atoms. The van der Waals surface area contributed by atoms with Crippen molar-refractivity contribution in [3.05, 3.63) is 50.2 Å². The van der Waals surface area contributed by atoms with Gasteiger partial charge in [-0.25, -0.2) is 0 Å². The van der Waals surface area contributed by atoms with Crippen LogP contribution in [-0.2, 0) is 6.42 Å². The third-order valence-corrected chi connectivity index (χ3v) is 5.64. The maximum absolute atomic E-state index is 6.48. The molecule has 0 fully saturated rings. The molecule has 2 nitrogen and oxygen atoms in total. The highest BCUT2D eigenvalue weighted by atomic mass is 35.5. The summed E-state index contributed by atoms with van der Waals surface area (Å²) >= 11 is 8.21. The summed E-state index contributed by atoms with van der Waals surface area (Å²) in [5.74, 6) is 1.04. The number of nitrogens with one attached hydrogen (secondary N) is 1. The van der Waals surface area contributed by atoms with E-state index in [0.717, 1.165) is 42.3 Å². The molecular formula is C17H20ClNOS. The van der Waals surface area contributed by atoms with E-state index in [4.69, 9.17) is 16.3 Å². The molecule has 0 amide bonds. The number of fused-ring (bicyclic) bond motifs is 1. The van der Waals surface area contributed by atoms with Crippen LogP contribution in [0.1, 0.15) is 41.0 Å². The first-order valence-corrected chi connectivity index (χ1v) is 8.69. The fourth-order valence-corrected chi connectivity index (χ4v) is 4.17. The number of ether oxygens (including phenoxy) is 1. The van der Waals surface area contributed by atoms with Gasteiger partial charge in [-0.3, -0.25) is 0 Å². The fourth-order valence-electron chi connectivity index (χ4n) is 2.77. The van der Waals surface area contributed by atoms with Crippen LogP contribution in [0.4, 0.5) is 0 Å². The molecule has 1 unspecified atom stereocenters. The van der Waals surface area contributed by atoms with E-state index in [9.17, 15) is 0 Å². The molecule has 3 rings (SSSR count). The molecule has 1 aliphatic heterocycles. The smallest absolute Gasteiger partial charge is 0.122 e. The molecule has 112 valence electrons. The lowest BCUT2D eigenvalue weighted by Gasteiger charge is -2.22. The Morgan fingerprint density at radius 1 is 1.43 bits per heavy atom. The normalized spacial score (nSPS) is 15.4. The lowest BCUT2D eigenvalue weighted by atomic mass is 9.98. The number of hydrogen-bond acceptors (Lipinski definition) is 3. The van der Waals surface area contributed by atoms with Crippen LogP contribution in [0, 0.1) is 6.92 Å². The molecule has 2 aromatic rings. The molecule has 1 aromatic heterocycles. The first-order valence-electron chi connectivity index (χ1n) is 7.43. The molecule has 0 aliphatic carbocycles. The van der Waals surface area contributed by atoms with Crippen LogP contribution in [0.5, 0.6) is 5.75 Å². The minimum atomic E-state index is 0.161. The van der Waals surface area contributed by atoms with Crippen molar-refractivity contribution in [2.75, 3.05) is 13.2 Å². The van der Waals surface area contributed by atoms with Gasteiger partial charge in [0.1, 0.15) is 5.75 Å². The van der Waals surface area contributed by atoms with Crippen LogP contribution >= 0.6 is 22.9 Å². The number of thiophene rings is 1. The second-order valence-electron chi connectivity index (χ2n) is 5.41. The number of benzene rings is 1. The van der Waals surface area contributed by atoms with Crippen LogP contribution in [0.3, 0.4) is 0 Å². The molecule has 0 saturated carbocycles. The zero-order chi connectivity index (χ0) is 14.8. The van der Waals surface area contributed by atoms with E-state index in [1.807, 2.05) is 0 Å². The van der Waals surface area contributed by atoms with Gasteiger partial charge in [-0.2, -0.15) is 0 Å². The maximum Gasteiger partial charge on any atom is 0.122 e. The highest BCUT2D eigenvalue weighted by Gasteiger charge is 2.21. The Morgan fingerprint density at radius 2 is 2.29 bits per heavy atom. The molecule has 0 saturated heterocycles. The van der Waals surface area contributed by atoms with Gasteiger partial charge in [-0.05, 0) is 54.4 Å². The van der Waals surface area contributed by atoms with E-state index in [1.54, 1.807) is 11.3 Å². The maximum atomic E-state index is 6.48. The number of aryl methyl sites for hydroxylation is 2. The summed E-state index contributed by atoms with van der Waals surface area (Å²) in [7, 11) is 0. The second kappa shape index (κ2) is 6.39. The monoisotopic (exact) mass is 321 g/mol. The Balaban J connectivity index is 1.99. The molecule has 0 spiro atoms. The lowest BCUT2D eigenvalue weighted by Crippen LogP contribution is -2.22. The van der Waals surface area contributed by atoms with Crippen molar-refractivity contribution in [2.24, 2.45) is 0 Å². The van der Waals surface area contributed by atoms with E-state index in [-0.39, 0.29) is 6.04 Å². The van der Waals surface area contributed by atoms with E-state index in [0.29, 0.717) is 0 Å². The molecule has 1 aliphatic rings. The Morgan fingerprint density at radius 3 is 3.00 bits per heavy atom. The topological polar surface area (TPSA) is 21.3 Å². The molecule has 0 radical (unpaired) electrons. The van der Waals surface area contributed by atoms with Gasteiger partial charge in [0.25, 0.3) is 0 Å². The van der Waals surface area contributed by atoms with E-state index in [1.165, 1.54) is 16.0 Å². The third kappa shape index (κ3) is 2.96. The quantitative estimate of drug-likeness (QED) is 0.878. The summed E-state index contributed by atoms with van der Waals surface area (Å²) in [6.45, 7) is 5.93. The Labute approximate surface area is 135 Å². The highest BCUT2D eigenvalue weighted by Crippen LogP contribution is 2.37. The molecule has 1 aromatic carbocycles. The van der Waals surface area contributed by atoms with Gasteiger partial charge >= 0.3 is 0 Å². The Hall–Kier alpha value is -1.03. The van der Waals surface area contributed by atoms with Crippen molar-refractivity contribution in [3.63, 3.8) is 0 Å². The summed E-state index contributed by atoms with van der Waals surface area (Å²) in [6.07, 6.45) is 2.19. The van der Waals surface area contributed by atoms with E-state index in [2.05, 4.69) is 42.7 Å². The van der Waals surface area contributed by atoms with Crippen molar-refractivity contribution in [2.45, 2.75) is 32.7 Å². The van der Waals surface area contributed by atoms with Crippen LogP contribution in [0.2, 0.25) is 5.02 Å². The average Bonchev–Trinajstić information content (AvgIpc) is 2.84. The van der Waals surface area contributed by atoms with Crippen LogP contribution < -0.4 is 10.1 Å². The van der Waals surface area contributed by atoms with Gasteiger partial charge in [0.2, 0.25) is 0 Å². The fraction of sp³-hybridized carbons (Fsp3) is 0.412. The second-order valence-corrected chi connectivity index (χ2v) is 6.70. The van der Waals surface area contributed by atoms with Crippen molar-refractivity contribution < 1.29 is 4.74 Å². The Kier molecular flexibility index (Phi) is 4.53. The molecular weight excluding hydrogens is 302 g/mol. The van der Waals surface area contributed by atoms with Crippen molar-refractivity contribution >= 4 is 22.9 Å². The number of rotatable bonds is 4. The minimum absolute atomic E-state index is 0.161. The number of halogens is 1. The summed E-state index contributed by atoms with van der Waals surface area (Å²) in [4.78, 5) is 1.20. The summed E-state index contributed by atoms with van der Waals surface area (Å²) in [5.41, 5.74) is 3.73. The Bertz CT molecular complexity index is 638. The predicted octanol–water partition coefficient (Wildman–Crippen LogP) is 4.73. The molecule has 4 heteroatoms. The van der Waals surface area contributed by atoms with Crippen molar-refractivity contribution in [1.29, 1.82) is 0 Å². The van der Waals surface area contributed by atoms with Crippen molar-refractivity contribution in [3.8, 4) is 5.75 Å². The zero-order valence-electron chi connectivity index (χ0n) is 12.4. The van der Waals surface area contributed by atoms with Gasteiger partial charge in [-0.1, -0.05) is 30.7 Å². The third-order valence-electron chi connectivity index (χ3n) is 3.86. The van der Waals surface area contributed by atoms with Crippen molar-refractivity contribution in [1.82, 2.24) is 5.32 Å². The molecule has 2 heterocycles. The first kappa shape index (κ1) is 14.9. The highest BCUT2D eigenvalue weighted by molar-refractivity contribution is 7.10. The van der Waals surface area contributed by atoms with E-state index >= 15 is 0 Å². The van der Waals surface area contributed by atoms with Crippen LogP contribution in [-0.4, -0.2) is 13.2 Å². The zero-order valence-corrected chi connectivity index (χ0v) is 14.0. The molecule has 1 atom stereocenters. The summed E-state index contributed by atoms with van der Waals surface area (Å²) in [5, 5.41) is 6.58. The van der Waals surface area contributed by atoms with E-state index < -0.39 is 0 Å². The first-order chi connectivity index (χ1) is 10.2. The average molecular weight is 322 g/mol. The van der Waals surface area contributed by atoms with Gasteiger partial charge in [0.05, 0.1) is 17.7 Å². The molecule has 0 bridgehead atoms. The van der Waals surface area contributed by atoms with Gasteiger partial charge < -0.3 is 10.1 Å². The lowest BCUT2D eigenvalue weighted by molar-refractivity contribution is 0.288. The van der Waals surface area contributed by atoms with Crippen LogP contribution in [0.25, 0.3) is 0 Å². The predicted molar refractivity (Wildman–Crippen MR) is 89.8 cm³/mol. The summed E-state index contributed by atoms with van der Waals surface area (Å²) < 4.78 is 5.71. The number of hydrogen-bond donors (Lipinski definition) is 1. The minimum Gasteiger partial charge on any atom is -0.493 e. The van der Waals surface area contributed by atoms with Crippen LogP contribution in [0.15, 0.2) is 23.6 Å². The van der Waals surface area contributed by atoms with Gasteiger partial charge in [-0.15, -0.1) is 11.3 Å². The van der Waals surface area contributed by atoms with Gasteiger partial charge in [0, 0.05) is 4.88 Å². The summed E-state index contributed by atoms with van der Waals surface area (Å²) in [6, 6.07) is 6.69. The standard InChI is InChI=1S/C17H20ClNOS/c1-3-19-16(17-15(18)11(2)10-21-17)13-6-7-14-12(9-13)5-4-8-20-14/h6-7,9-10,16,19H,3-5,8H2,1-2H3. The van der Waals surface area contributed by atoms with Gasteiger partial charge in [0.15, 0.2) is 0 Å².